The van der Waals surface area contributed by atoms with Crippen molar-refractivity contribution in [1.29, 1.82) is 0 Å². The van der Waals surface area contributed by atoms with Crippen molar-refractivity contribution in [3.8, 4) is 0 Å². The lowest BCUT2D eigenvalue weighted by Gasteiger charge is -2.27. The number of hydrazine groups is 1. The van der Waals surface area contributed by atoms with Crippen LogP contribution < -0.4 is 11.2 Å². The molecule has 1 heterocycles. The first-order valence-corrected chi connectivity index (χ1v) is 6.23. The number of hydrogen-bond acceptors (Lipinski definition) is 4. The summed E-state index contributed by atoms with van der Waals surface area (Å²) in [4.78, 5) is 12.2. The van der Waals surface area contributed by atoms with Gasteiger partial charge in [0.1, 0.15) is 0 Å². The molecule has 1 aliphatic heterocycles. The van der Waals surface area contributed by atoms with Crippen LogP contribution in [-0.4, -0.2) is 43.8 Å². The number of rotatable bonds is 4. The predicted molar refractivity (Wildman–Crippen MR) is 69.1 cm³/mol. The van der Waals surface area contributed by atoms with Gasteiger partial charge in [-0.2, -0.15) is 0 Å². The second kappa shape index (κ2) is 6.49. The third-order valence-corrected chi connectivity index (χ3v) is 2.95. The lowest BCUT2D eigenvalue weighted by atomic mass is 10.0. The van der Waals surface area contributed by atoms with Crippen LogP contribution in [0, 0.1) is 0 Å². The third-order valence-electron chi connectivity index (χ3n) is 2.95. The summed E-state index contributed by atoms with van der Waals surface area (Å²) in [5.41, 5.74) is 10.2. The Balaban J connectivity index is 2.03. The summed E-state index contributed by atoms with van der Waals surface area (Å²) in [6.07, 6.45) is 0.715. The van der Waals surface area contributed by atoms with Gasteiger partial charge in [0.05, 0.1) is 13.2 Å². The highest BCUT2D eigenvalue weighted by atomic mass is 16.5. The Morgan fingerprint density at radius 2 is 2.06 bits per heavy atom. The van der Waals surface area contributed by atoms with E-state index in [4.69, 9.17) is 10.5 Å². The van der Waals surface area contributed by atoms with Gasteiger partial charge in [-0.1, -0.05) is 18.2 Å². The van der Waals surface area contributed by atoms with Gasteiger partial charge < -0.3 is 10.5 Å². The molecule has 1 amide bonds. The Hall–Kier alpha value is -1.43. The topological polar surface area (TPSA) is 67.6 Å². The maximum atomic E-state index is 12.2. The SMILES string of the molecule is NCCc1ccccc1C(=O)NN1CCOCC1. The Bertz CT molecular complexity index is 403. The molecule has 0 aromatic heterocycles. The molecular weight excluding hydrogens is 230 g/mol. The van der Waals surface area contributed by atoms with E-state index < -0.39 is 0 Å². The number of carbonyl (C=O) groups excluding carboxylic acids is 1. The number of morpholine rings is 1. The Kier molecular flexibility index (Phi) is 4.69. The third kappa shape index (κ3) is 3.29. The maximum Gasteiger partial charge on any atom is 0.265 e. The van der Waals surface area contributed by atoms with Crippen LogP contribution in [0.25, 0.3) is 0 Å². The van der Waals surface area contributed by atoms with Crippen molar-refractivity contribution in [3.05, 3.63) is 35.4 Å². The van der Waals surface area contributed by atoms with Gasteiger partial charge in [0, 0.05) is 18.7 Å². The zero-order valence-corrected chi connectivity index (χ0v) is 10.4. The van der Waals surface area contributed by atoms with Crippen molar-refractivity contribution in [1.82, 2.24) is 10.4 Å². The predicted octanol–water partition coefficient (Wildman–Crippen LogP) is 0.165. The van der Waals surface area contributed by atoms with Crippen molar-refractivity contribution in [2.24, 2.45) is 5.73 Å². The minimum absolute atomic E-state index is 0.0686. The summed E-state index contributed by atoms with van der Waals surface area (Å²) in [5.74, 6) is -0.0686. The molecule has 1 fully saturated rings. The molecule has 0 radical (unpaired) electrons. The van der Waals surface area contributed by atoms with E-state index in [2.05, 4.69) is 5.43 Å². The van der Waals surface area contributed by atoms with Crippen LogP contribution >= 0.6 is 0 Å². The lowest BCUT2D eigenvalue weighted by Crippen LogP contribution is -2.48. The number of nitrogens with zero attached hydrogens (tertiary/aromatic N) is 1. The Morgan fingerprint density at radius 3 is 2.78 bits per heavy atom. The van der Waals surface area contributed by atoms with Crippen molar-refractivity contribution in [2.45, 2.75) is 6.42 Å². The van der Waals surface area contributed by atoms with E-state index in [-0.39, 0.29) is 5.91 Å². The standard InChI is InChI=1S/C13H19N3O2/c14-6-5-11-3-1-2-4-12(11)13(17)15-16-7-9-18-10-8-16/h1-4H,5-10,14H2,(H,15,17). The average molecular weight is 249 g/mol. The van der Waals surface area contributed by atoms with E-state index in [9.17, 15) is 4.79 Å². The zero-order chi connectivity index (χ0) is 12.8. The van der Waals surface area contributed by atoms with Gasteiger partial charge in [-0.3, -0.25) is 10.2 Å². The highest BCUT2D eigenvalue weighted by molar-refractivity contribution is 5.95. The fourth-order valence-electron chi connectivity index (χ4n) is 1.99. The number of benzene rings is 1. The lowest BCUT2D eigenvalue weighted by molar-refractivity contribution is 0.0126. The first kappa shape index (κ1) is 13.0. The van der Waals surface area contributed by atoms with Crippen molar-refractivity contribution in [2.75, 3.05) is 32.8 Å². The molecule has 5 nitrogen and oxygen atoms in total. The van der Waals surface area contributed by atoms with Gasteiger partial charge in [-0.05, 0) is 24.6 Å². The summed E-state index contributed by atoms with van der Waals surface area (Å²) >= 11 is 0. The van der Waals surface area contributed by atoms with Crippen molar-refractivity contribution in [3.63, 3.8) is 0 Å². The molecule has 1 aliphatic rings. The first-order valence-electron chi connectivity index (χ1n) is 6.23. The summed E-state index contributed by atoms with van der Waals surface area (Å²) in [6.45, 7) is 3.31. The average Bonchev–Trinajstić information content (AvgIpc) is 2.41. The maximum absolute atomic E-state index is 12.2. The Labute approximate surface area is 107 Å². The molecule has 2 rings (SSSR count). The van der Waals surface area contributed by atoms with Crippen LogP contribution in [0.3, 0.4) is 0 Å². The van der Waals surface area contributed by atoms with Gasteiger partial charge in [0.15, 0.2) is 0 Å². The summed E-state index contributed by atoms with van der Waals surface area (Å²) in [7, 11) is 0. The molecule has 98 valence electrons. The van der Waals surface area contributed by atoms with Crippen LogP contribution in [0.1, 0.15) is 15.9 Å². The minimum Gasteiger partial charge on any atom is -0.379 e. The fourth-order valence-corrected chi connectivity index (χ4v) is 1.99. The van der Waals surface area contributed by atoms with Crippen LogP contribution in [0.5, 0.6) is 0 Å². The van der Waals surface area contributed by atoms with Crippen LogP contribution in [0.2, 0.25) is 0 Å². The Morgan fingerprint density at radius 1 is 1.33 bits per heavy atom. The number of ether oxygens (including phenoxy) is 1. The molecule has 1 saturated heterocycles. The van der Waals surface area contributed by atoms with Gasteiger partial charge in [0.2, 0.25) is 0 Å². The van der Waals surface area contributed by atoms with Gasteiger partial charge >= 0.3 is 0 Å². The van der Waals surface area contributed by atoms with E-state index in [1.54, 1.807) is 0 Å². The van der Waals surface area contributed by atoms with E-state index in [1.807, 2.05) is 29.3 Å². The molecule has 1 aromatic rings. The summed E-state index contributed by atoms with van der Waals surface area (Å²) in [5, 5.41) is 1.89. The fraction of sp³-hybridized carbons (Fsp3) is 0.462. The smallest absolute Gasteiger partial charge is 0.265 e. The number of amides is 1. The normalized spacial score (nSPS) is 16.5. The summed E-state index contributed by atoms with van der Waals surface area (Å²) < 4.78 is 5.24. The molecule has 18 heavy (non-hydrogen) atoms. The van der Waals surface area contributed by atoms with Crippen molar-refractivity contribution >= 4 is 5.91 Å². The van der Waals surface area contributed by atoms with Crippen molar-refractivity contribution < 1.29 is 9.53 Å². The zero-order valence-electron chi connectivity index (χ0n) is 10.4. The first-order chi connectivity index (χ1) is 8.81. The van der Waals surface area contributed by atoms with Crippen LogP contribution in [0.15, 0.2) is 24.3 Å². The van der Waals surface area contributed by atoms with Gasteiger partial charge in [-0.25, -0.2) is 5.01 Å². The van der Waals surface area contributed by atoms with E-state index >= 15 is 0 Å². The number of hydrogen-bond donors (Lipinski definition) is 2. The molecule has 0 bridgehead atoms. The number of carbonyl (C=O) groups is 1. The molecule has 0 aliphatic carbocycles. The molecule has 0 unspecified atom stereocenters. The van der Waals surface area contributed by atoms with Crippen LogP contribution in [-0.2, 0) is 11.2 Å². The molecule has 3 N–H and O–H groups in total. The molecule has 0 atom stereocenters. The quantitative estimate of drug-likeness (QED) is 0.798. The minimum atomic E-state index is -0.0686. The molecule has 1 aromatic carbocycles. The van der Waals surface area contributed by atoms with E-state index in [0.717, 1.165) is 18.7 Å². The second-order valence-corrected chi connectivity index (χ2v) is 4.24. The van der Waals surface area contributed by atoms with E-state index in [0.29, 0.717) is 31.7 Å². The molecule has 0 spiro atoms. The molecular formula is C13H19N3O2. The molecule has 0 saturated carbocycles. The molecule has 5 heteroatoms. The van der Waals surface area contributed by atoms with Gasteiger partial charge in [0.25, 0.3) is 5.91 Å². The second-order valence-electron chi connectivity index (χ2n) is 4.24. The highest BCUT2D eigenvalue weighted by Crippen LogP contribution is 2.09. The van der Waals surface area contributed by atoms with E-state index in [1.165, 1.54) is 0 Å². The summed E-state index contributed by atoms with van der Waals surface area (Å²) in [6, 6.07) is 7.58. The highest BCUT2D eigenvalue weighted by Gasteiger charge is 2.16. The van der Waals surface area contributed by atoms with Crippen LogP contribution in [0.4, 0.5) is 0 Å². The number of nitrogens with one attached hydrogen (secondary N) is 1. The monoisotopic (exact) mass is 249 g/mol. The largest absolute Gasteiger partial charge is 0.379 e. The number of nitrogens with two attached hydrogens (primary N) is 1. The van der Waals surface area contributed by atoms with Gasteiger partial charge in [-0.15, -0.1) is 0 Å².